The molecule has 1 aromatic rings. The van der Waals surface area contributed by atoms with Crippen molar-refractivity contribution in [2.24, 2.45) is 0 Å². The molecule has 0 radical (unpaired) electrons. The lowest BCUT2D eigenvalue weighted by Gasteiger charge is -2.16. The zero-order valence-corrected chi connectivity index (χ0v) is 8.62. The maximum atomic E-state index is 10.5. The predicted octanol–water partition coefficient (Wildman–Crippen LogP) is 0.286. The number of benzene rings is 1. The number of aliphatic carboxylic acids is 1. The van der Waals surface area contributed by atoms with Crippen molar-refractivity contribution in [2.75, 3.05) is 0 Å². The van der Waals surface area contributed by atoms with E-state index in [9.17, 15) is 19.8 Å². The van der Waals surface area contributed by atoms with Crippen molar-refractivity contribution in [1.82, 2.24) is 0 Å². The van der Waals surface area contributed by atoms with Crippen LogP contribution in [0.2, 0.25) is 0 Å². The number of rotatable bonds is 4. The van der Waals surface area contributed by atoms with E-state index in [1.807, 2.05) is 0 Å². The second-order valence-corrected chi connectivity index (χ2v) is 3.46. The van der Waals surface area contributed by atoms with Gasteiger partial charge in [-0.1, -0.05) is 12.1 Å². The van der Waals surface area contributed by atoms with Crippen molar-refractivity contribution in [3.63, 3.8) is 0 Å². The van der Waals surface area contributed by atoms with Crippen molar-refractivity contribution >= 4 is 12.3 Å². The maximum absolute atomic E-state index is 10.5. The Balaban J connectivity index is 3.04. The molecule has 5 nitrogen and oxygen atoms in total. The summed E-state index contributed by atoms with van der Waals surface area (Å²) < 4.78 is 0. The van der Waals surface area contributed by atoms with Gasteiger partial charge in [-0.2, -0.15) is 0 Å². The molecular formula is C11H12O5. The SMILES string of the molecule is Cc1cc(C=O)ccc1C(O)C(O)C(=O)O. The molecule has 0 saturated heterocycles. The first-order chi connectivity index (χ1) is 7.47. The lowest BCUT2D eigenvalue weighted by molar-refractivity contribution is -0.153. The number of hydrogen-bond donors (Lipinski definition) is 3. The standard InChI is InChI=1S/C11H12O5/c1-6-4-7(5-12)2-3-8(6)9(13)10(14)11(15)16/h2-5,9-10,13-14H,1H3,(H,15,16). The molecule has 5 heteroatoms. The van der Waals surface area contributed by atoms with Crippen LogP contribution in [0.4, 0.5) is 0 Å². The highest BCUT2D eigenvalue weighted by Gasteiger charge is 2.26. The quantitative estimate of drug-likeness (QED) is 0.639. The second kappa shape index (κ2) is 4.87. The van der Waals surface area contributed by atoms with E-state index in [1.54, 1.807) is 6.92 Å². The maximum Gasteiger partial charge on any atom is 0.335 e. The average Bonchev–Trinajstić information content (AvgIpc) is 2.26. The normalized spacial score (nSPS) is 14.2. The van der Waals surface area contributed by atoms with Gasteiger partial charge in [0.1, 0.15) is 12.4 Å². The van der Waals surface area contributed by atoms with Crippen LogP contribution in [0.5, 0.6) is 0 Å². The predicted molar refractivity (Wildman–Crippen MR) is 55.2 cm³/mol. The average molecular weight is 224 g/mol. The van der Waals surface area contributed by atoms with E-state index < -0.39 is 18.2 Å². The van der Waals surface area contributed by atoms with Gasteiger partial charge in [0, 0.05) is 5.56 Å². The molecule has 3 N–H and O–H groups in total. The largest absolute Gasteiger partial charge is 0.479 e. The first-order valence-corrected chi connectivity index (χ1v) is 4.62. The summed E-state index contributed by atoms with van der Waals surface area (Å²) >= 11 is 0. The third-order valence-corrected chi connectivity index (χ3v) is 2.30. The molecule has 1 rings (SSSR count). The number of aliphatic hydroxyl groups excluding tert-OH is 2. The Hall–Kier alpha value is -1.72. The first-order valence-electron chi connectivity index (χ1n) is 4.62. The van der Waals surface area contributed by atoms with Gasteiger partial charge in [0.2, 0.25) is 0 Å². The summed E-state index contributed by atoms with van der Waals surface area (Å²) in [6, 6.07) is 4.39. The molecular weight excluding hydrogens is 212 g/mol. The Kier molecular flexibility index (Phi) is 3.76. The molecule has 0 aromatic heterocycles. The molecule has 86 valence electrons. The smallest absolute Gasteiger partial charge is 0.335 e. The van der Waals surface area contributed by atoms with Crippen molar-refractivity contribution in [1.29, 1.82) is 0 Å². The highest BCUT2D eigenvalue weighted by molar-refractivity contribution is 5.76. The lowest BCUT2D eigenvalue weighted by atomic mass is 9.98. The van der Waals surface area contributed by atoms with E-state index in [1.165, 1.54) is 18.2 Å². The van der Waals surface area contributed by atoms with Crippen LogP contribution in [-0.4, -0.2) is 33.7 Å². The number of carboxylic acid groups (broad SMARTS) is 1. The Morgan fingerprint density at radius 1 is 1.38 bits per heavy atom. The van der Waals surface area contributed by atoms with Crippen molar-refractivity contribution in [3.8, 4) is 0 Å². The van der Waals surface area contributed by atoms with Crippen LogP contribution >= 0.6 is 0 Å². The highest BCUT2D eigenvalue weighted by atomic mass is 16.4. The third-order valence-electron chi connectivity index (χ3n) is 2.30. The fraction of sp³-hybridized carbons (Fsp3) is 0.273. The van der Waals surface area contributed by atoms with Gasteiger partial charge in [-0.15, -0.1) is 0 Å². The molecule has 16 heavy (non-hydrogen) atoms. The summed E-state index contributed by atoms with van der Waals surface area (Å²) in [7, 11) is 0. The van der Waals surface area contributed by atoms with Gasteiger partial charge in [0.15, 0.2) is 6.10 Å². The number of aryl methyl sites for hydroxylation is 1. The topological polar surface area (TPSA) is 94.8 Å². The minimum atomic E-state index is -1.87. The summed E-state index contributed by atoms with van der Waals surface area (Å²) in [5.74, 6) is -1.49. The van der Waals surface area contributed by atoms with Gasteiger partial charge in [-0.3, -0.25) is 4.79 Å². The van der Waals surface area contributed by atoms with Crippen molar-refractivity contribution < 1.29 is 24.9 Å². The van der Waals surface area contributed by atoms with Crippen LogP contribution < -0.4 is 0 Å². The van der Waals surface area contributed by atoms with E-state index in [2.05, 4.69) is 0 Å². The molecule has 0 amide bonds. The molecule has 0 spiro atoms. The van der Waals surface area contributed by atoms with E-state index in [0.29, 0.717) is 23.0 Å². The van der Waals surface area contributed by atoms with Crippen LogP contribution in [0.25, 0.3) is 0 Å². The summed E-state index contributed by atoms with van der Waals surface area (Å²) in [6.07, 6.45) is -2.73. The van der Waals surface area contributed by atoms with Crippen LogP contribution in [0.15, 0.2) is 18.2 Å². The minimum absolute atomic E-state index is 0.292. The van der Waals surface area contributed by atoms with Gasteiger partial charge < -0.3 is 15.3 Å². The highest BCUT2D eigenvalue weighted by Crippen LogP contribution is 2.21. The Morgan fingerprint density at radius 3 is 2.44 bits per heavy atom. The molecule has 0 saturated carbocycles. The van der Waals surface area contributed by atoms with E-state index in [0.717, 1.165) is 0 Å². The molecule has 0 aliphatic rings. The van der Waals surface area contributed by atoms with E-state index in [4.69, 9.17) is 5.11 Å². The van der Waals surface area contributed by atoms with Crippen LogP contribution in [0, 0.1) is 6.92 Å². The Labute approximate surface area is 92.0 Å². The molecule has 0 heterocycles. The monoisotopic (exact) mass is 224 g/mol. The summed E-state index contributed by atoms with van der Waals surface area (Å²) in [5.41, 5.74) is 1.27. The Morgan fingerprint density at radius 2 is 2.00 bits per heavy atom. The fourth-order valence-corrected chi connectivity index (χ4v) is 1.41. The third kappa shape index (κ3) is 2.44. The number of carboxylic acids is 1. The zero-order valence-electron chi connectivity index (χ0n) is 8.62. The van der Waals surface area contributed by atoms with E-state index in [-0.39, 0.29) is 0 Å². The molecule has 0 bridgehead atoms. The molecule has 0 fully saturated rings. The molecule has 1 aromatic carbocycles. The number of hydrogen-bond acceptors (Lipinski definition) is 4. The Bertz CT molecular complexity index is 413. The first kappa shape index (κ1) is 12.4. The van der Waals surface area contributed by atoms with Gasteiger partial charge >= 0.3 is 5.97 Å². The van der Waals surface area contributed by atoms with Crippen LogP contribution in [0.3, 0.4) is 0 Å². The number of carbonyl (C=O) groups is 2. The minimum Gasteiger partial charge on any atom is -0.479 e. The van der Waals surface area contributed by atoms with Gasteiger partial charge in [0.25, 0.3) is 0 Å². The fourth-order valence-electron chi connectivity index (χ4n) is 1.41. The number of aldehydes is 1. The number of carbonyl (C=O) groups excluding carboxylic acids is 1. The van der Waals surface area contributed by atoms with E-state index >= 15 is 0 Å². The van der Waals surface area contributed by atoms with Gasteiger partial charge in [-0.25, -0.2) is 4.79 Å². The molecule has 2 atom stereocenters. The van der Waals surface area contributed by atoms with Gasteiger partial charge in [-0.05, 0) is 24.1 Å². The second-order valence-electron chi connectivity index (χ2n) is 3.46. The molecule has 2 unspecified atom stereocenters. The summed E-state index contributed by atoms with van der Waals surface area (Å²) in [5, 5.41) is 27.3. The molecule has 0 aliphatic carbocycles. The summed E-state index contributed by atoms with van der Waals surface area (Å²) in [6.45, 7) is 1.63. The van der Waals surface area contributed by atoms with Gasteiger partial charge in [0.05, 0.1) is 0 Å². The molecule has 0 aliphatic heterocycles. The van der Waals surface area contributed by atoms with Crippen molar-refractivity contribution in [2.45, 2.75) is 19.1 Å². The lowest BCUT2D eigenvalue weighted by Crippen LogP contribution is -2.27. The zero-order chi connectivity index (χ0) is 12.3. The van der Waals surface area contributed by atoms with Crippen LogP contribution in [0.1, 0.15) is 27.6 Å². The van der Waals surface area contributed by atoms with Crippen molar-refractivity contribution in [3.05, 3.63) is 34.9 Å². The van der Waals surface area contributed by atoms with Crippen LogP contribution in [-0.2, 0) is 4.79 Å². The summed E-state index contributed by atoms with van der Waals surface area (Å²) in [4.78, 5) is 21.0. The number of aliphatic hydroxyl groups is 2.